The zero-order chi connectivity index (χ0) is 11.0. The molecule has 1 aliphatic rings. The number of fused-ring (bicyclic) bond motifs is 2. The van der Waals surface area contributed by atoms with Gasteiger partial charge in [-0.3, -0.25) is 0 Å². The van der Waals surface area contributed by atoms with E-state index in [1.54, 1.807) is 0 Å². The van der Waals surface area contributed by atoms with Crippen molar-refractivity contribution >= 4 is 23.5 Å². The summed E-state index contributed by atoms with van der Waals surface area (Å²) in [6, 6.07) is 16.5. The first-order valence-corrected chi connectivity index (χ1v) is 7.00. The molecule has 2 aromatic carbocycles. The number of aryl methyl sites for hydroxylation is 1. The van der Waals surface area contributed by atoms with Crippen LogP contribution in [0.3, 0.4) is 0 Å². The van der Waals surface area contributed by atoms with E-state index in [2.05, 4.69) is 49.4 Å². The Labute approximate surface area is 104 Å². The van der Waals surface area contributed by atoms with Crippen LogP contribution in [0.5, 0.6) is 0 Å². The zero-order valence-corrected chi connectivity index (χ0v) is 10.6. The summed E-state index contributed by atoms with van der Waals surface area (Å²) < 4.78 is 0. The molecule has 1 aliphatic heterocycles. The Kier molecular flexibility index (Phi) is 2.70. The highest BCUT2D eigenvalue weighted by atomic mass is 32.2. The van der Waals surface area contributed by atoms with Gasteiger partial charge in [0.25, 0.3) is 0 Å². The fraction of sp³-hybridized carbons (Fsp3) is 0.143. The summed E-state index contributed by atoms with van der Waals surface area (Å²) in [4.78, 5) is 5.33. The van der Waals surface area contributed by atoms with Gasteiger partial charge in [-0.2, -0.15) is 0 Å². The summed E-state index contributed by atoms with van der Waals surface area (Å²) in [5.74, 6) is 0. The normalized spacial score (nSPS) is 13.1. The van der Waals surface area contributed by atoms with Gasteiger partial charge in [-0.1, -0.05) is 48.6 Å². The molecule has 0 bridgehead atoms. The van der Waals surface area contributed by atoms with Gasteiger partial charge in [-0.25, -0.2) is 0 Å². The fourth-order valence-corrected chi connectivity index (χ4v) is 3.93. The van der Waals surface area contributed by atoms with Crippen molar-refractivity contribution in [2.24, 2.45) is 0 Å². The summed E-state index contributed by atoms with van der Waals surface area (Å²) in [5.41, 5.74) is 1.30. The predicted octanol–water partition coefficient (Wildman–Crippen LogP) is 4.66. The van der Waals surface area contributed by atoms with Gasteiger partial charge in [0.2, 0.25) is 0 Å². The lowest BCUT2D eigenvalue weighted by Gasteiger charge is -2.18. The minimum absolute atomic E-state index is 1.06. The van der Waals surface area contributed by atoms with Crippen LogP contribution in [0.1, 0.15) is 12.5 Å². The molecule has 1 radical (unpaired) electrons. The topological polar surface area (TPSA) is 0 Å². The second kappa shape index (κ2) is 4.19. The van der Waals surface area contributed by atoms with E-state index < -0.39 is 0 Å². The first-order valence-electron chi connectivity index (χ1n) is 5.37. The van der Waals surface area contributed by atoms with Crippen LogP contribution in [0.4, 0.5) is 0 Å². The van der Waals surface area contributed by atoms with E-state index in [0.29, 0.717) is 0 Å². The first kappa shape index (κ1) is 10.3. The van der Waals surface area contributed by atoms with Gasteiger partial charge in [0.15, 0.2) is 0 Å². The summed E-state index contributed by atoms with van der Waals surface area (Å²) >= 11 is 3.69. The Balaban J connectivity index is 2.05. The van der Waals surface area contributed by atoms with Crippen LogP contribution in [0.2, 0.25) is 0 Å². The highest BCUT2D eigenvalue weighted by molar-refractivity contribution is 8.05. The van der Waals surface area contributed by atoms with Crippen molar-refractivity contribution in [1.82, 2.24) is 0 Å². The maximum Gasteiger partial charge on any atom is 0.0344 e. The van der Waals surface area contributed by atoms with Crippen LogP contribution in [0.25, 0.3) is 0 Å². The molecule has 3 rings (SSSR count). The molecule has 0 aromatic heterocycles. The van der Waals surface area contributed by atoms with Gasteiger partial charge < -0.3 is 0 Å². The van der Waals surface area contributed by atoms with E-state index in [1.807, 2.05) is 23.5 Å². The van der Waals surface area contributed by atoms with Crippen LogP contribution in [-0.2, 0) is 6.42 Å². The summed E-state index contributed by atoms with van der Waals surface area (Å²) in [6.07, 6.45) is 1.06. The van der Waals surface area contributed by atoms with Crippen molar-refractivity contribution in [1.29, 1.82) is 0 Å². The molecule has 0 N–H and O–H groups in total. The third kappa shape index (κ3) is 1.76. The van der Waals surface area contributed by atoms with Crippen molar-refractivity contribution in [3.05, 3.63) is 48.0 Å². The molecular formula is C14H11S2. The van der Waals surface area contributed by atoms with Gasteiger partial charge >= 0.3 is 0 Å². The molecule has 0 unspecified atom stereocenters. The zero-order valence-electron chi connectivity index (χ0n) is 8.99. The second-order valence-corrected chi connectivity index (χ2v) is 5.82. The van der Waals surface area contributed by atoms with E-state index in [1.165, 1.54) is 25.1 Å². The van der Waals surface area contributed by atoms with Crippen LogP contribution in [0, 0.1) is 6.07 Å². The number of benzene rings is 2. The molecule has 0 atom stereocenters. The average Bonchev–Trinajstić information content (AvgIpc) is 2.35. The van der Waals surface area contributed by atoms with Gasteiger partial charge in [-0.05, 0) is 30.2 Å². The van der Waals surface area contributed by atoms with Gasteiger partial charge in [0.1, 0.15) is 0 Å². The average molecular weight is 243 g/mol. The first-order chi connectivity index (χ1) is 7.86. The Morgan fingerprint density at radius 3 is 2.44 bits per heavy atom. The van der Waals surface area contributed by atoms with Gasteiger partial charge in [0.05, 0.1) is 0 Å². The van der Waals surface area contributed by atoms with Gasteiger partial charge in [0, 0.05) is 25.6 Å². The SMILES string of the molecule is CCc1[c]c2c(cc1)Sc1ccccc1S2. The number of rotatable bonds is 1. The van der Waals surface area contributed by atoms with E-state index in [-0.39, 0.29) is 0 Å². The smallest absolute Gasteiger partial charge is 0.0344 e. The lowest BCUT2D eigenvalue weighted by molar-refractivity contribution is 1.07. The van der Waals surface area contributed by atoms with Crippen LogP contribution in [0.15, 0.2) is 56.0 Å². The standard InChI is InChI=1S/C14H11S2/c1-2-10-7-8-13-14(9-10)16-12-6-4-3-5-11(12)15-13/h3-8H,2H2,1H3. The Morgan fingerprint density at radius 2 is 1.69 bits per heavy atom. The highest BCUT2D eigenvalue weighted by Gasteiger charge is 2.16. The molecule has 0 fully saturated rings. The molecular weight excluding hydrogens is 232 g/mol. The molecule has 0 nitrogen and oxygen atoms in total. The monoisotopic (exact) mass is 243 g/mol. The lowest BCUT2D eigenvalue weighted by Crippen LogP contribution is -1.91. The minimum atomic E-state index is 1.06. The van der Waals surface area contributed by atoms with E-state index in [4.69, 9.17) is 0 Å². The molecule has 2 aromatic rings. The Morgan fingerprint density at radius 1 is 0.938 bits per heavy atom. The lowest BCUT2D eigenvalue weighted by atomic mass is 10.2. The maximum atomic E-state index is 3.50. The summed E-state index contributed by atoms with van der Waals surface area (Å²) in [7, 11) is 0. The third-order valence-corrected chi connectivity index (χ3v) is 5.09. The van der Waals surface area contributed by atoms with Crippen molar-refractivity contribution in [2.45, 2.75) is 32.9 Å². The third-order valence-electron chi connectivity index (χ3n) is 2.60. The number of hydrogen-bond acceptors (Lipinski definition) is 2. The van der Waals surface area contributed by atoms with Crippen molar-refractivity contribution in [2.75, 3.05) is 0 Å². The predicted molar refractivity (Wildman–Crippen MR) is 69.3 cm³/mol. The summed E-state index contributed by atoms with van der Waals surface area (Å²) in [6.45, 7) is 2.17. The van der Waals surface area contributed by atoms with E-state index >= 15 is 0 Å². The highest BCUT2D eigenvalue weighted by Crippen LogP contribution is 2.48. The molecule has 79 valence electrons. The quantitative estimate of drug-likeness (QED) is 0.609. The fourth-order valence-electron chi connectivity index (χ4n) is 1.71. The van der Waals surface area contributed by atoms with Crippen molar-refractivity contribution in [3.8, 4) is 0 Å². The Hall–Kier alpha value is -0.860. The Bertz CT molecular complexity index is 532. The van der Waals surface area contributed by atoms with Crippen LogP contribution >= 0.6 is 23.5 Å². The molecule has 16 heavy (non-hydrogen) atoms. The van der Waals surface area contributed by atoms with Gasteiger partial charge in [-0.15, -0.1) is 0 Å². The molecule has 1 heterocycles. The van der Waals surface area contributed by atoms with E-state index in [0.717, 1.165) is 6.42 Å². The molecule has 0 aliphatic carbocycles. The minimum Gasteiger partial charge on any atom is -0.0877 e. The van der Waals surface area contributed by atoms with E-state index in [9.17, 15) is 0 Å². The number of hydrogen-bond donors (Lipinski definition) is 0. The summed E-state index contributed by atoms with van der Waals surface area (Å²) in [5, 5.41) is 0. The molecule has 0 saturated heterocycles. The largest absolute Gasteiger partial charge is 0.0877 e. The van der Waals surface area contributed by atoms with Crippen LogP contribution < -0.4 is 0 Å². The molecule has 0 saturated carbocycles. The maximum absolute atomic E-state index is 3.50. The molecule has 0 spiro atoms. The van der Waals surface area contributed by atoms with Crippen molar-refractivity contribution < 1.29 is 0 Å². The molecule has 0 amide bonds. The second-order valence-electron chi connectivity index (χ2n) is 3.68. The molecule has 2 heteroatoms. The van der Waals surface area contributed by atoms with Crippen LogP contribution in [-0.4, -0.2) is 0 Å². The van der Waals surface area contributed by atoms with Crippen molar-refractivity contribution in [3.63, 3.8) is 0 Å².